The number of carboxylic acids is 1. The van der Waals surface area contributed by atoms with E-state index in [9.17, 15) is 14.7 Å². The van der Waals surface area contributed by atoms with Gasteiger partial charge in [0.15, 0.2) is 6.04 Å². The van der Waals surface area contributed by atoms with Crippen LogP contribution in [-0.2, 0) is 4.79 Å². The van der Waals surface area contributed by atoms with Crippen molar-refractivity contribution in [3.05, 3.63) is 0 Å². The fourth-order valence-electron chi connectivity index (χ4n) is 1.68. The number of rotatable bonds is 8. The normalized spacial score (nSPS) is 15.4. The molecule has 19 heavy (non-hydrogen) atoms. The van der Waals surface area contributed by atoms with Gasteiger partial charge in [0.2, 0.25) is 0 Å². The van der Waals surface area contributed by atoms with Crippen molar-refractivity contribution in [2.75, 3.05) is 6.54 Å². The highest BCUT2D eigenvalue weighted by molar-refractivity contribution is 5.83. The third kappa shape index (κ3) is 5.92. The predicted octanol–water partition coefficient (Wildman–Crippen LogP) is 1.43. The fraction of sp³-hybridized carbons (Fsp3) is 0.846. The molecule has 6 heteroatoms. The molecule has 0 aromatic rings. The maximum atomic E-state index is 12.1. The van der Waals surface area contributed by atoms with E-state index in [4.69, 9.17) is 5.11 Å². The van der Waals surface area contributed by atoms with Crippen LogP contribution in [0.1, 0.15) is 47.0 Å². The minimum absolute atomic E-state index is 0.0370. The number of carboxylic acid groups (broad SMARTS) is 1. The van der Waals surface area contributed by atoms with Gasteiger partial charge in [0.05, 0.1) is 6.10 Å². The number of unbranched alkanes of at least 4 members (excludes halogenated alkanes) is 1. The molecule has 0 bridgehead atoms. The minimum Gasteiger partial charge on any atom is -0.480 e. The lowest BCUT2D eigenvalue weighted by Crippen LogP contribution is -2.54. The monoisotopic (exact) mass is 274 g/mol. The van der Waals surface area contributed by atoms with Gasteiger partial charge in [-0.2, -0.15) is 0 Å². The molecule has 0 spiro atoms. The van der Waals surface area contributed by atoms with Gasteiger partial charge >= 0.3 is 12.0 Å². The Morgan fingerprint density at radius 2 is 1.84 bits per heavy atom. The summed E-state index contributed by atoms with van der Waals surface area (Å²) in [6, 6.07) is -1.67. The van der Waals surface area contributed by atoms with Gasteiger partial charge in [-0.05, 0) is 26.7 Å². The number of amides is 2. The highest BCUT2D eigenvalue weighted by Crippen LogP contribution is 2.07. The van der Waals surface area contributed by atoms with E-state index in [0.717, 1.165) is 19.3 Å². The first-order valence-corrected chi connectivity index (χ1v) is 6.83. The lowest BCUT2D eigenvalue weighted by molar-refractivity contribution is -0.141. The van der Waals surface area contributed by atoms with Crippen LogP contribution in [0, 0.1) is 0 Å². The molecule has 0 aliphatic rings. The molecule has 0 radical (unpaired) electrons. The number of aliphatic hydroxyl groups excluding tert-OH is 1. The van der Waals surface area contributed by atoms with E-state index in [1.807, 2.05) is 20.8 Å². The first-order valence-electron chi connectivity index (χ1n) is 6.83. The molecule has 0 aliphatic carbocycles. The third-order valence-corrected chi connectivity index (χ3v) is 3.16. The number of carbonyl (C=O) groups is 2. The lowest BCUT2D eigenvalue weighted by Gasteiger charge is -2.30. The number of hydrogen-bond acceptors (Lipinski definition) is 3. The molecule has 0 aromatic carbocycles. The number of carbonyl (C=O) groups excluding carboxylic acids is 1. The zero-order valence-electron chi connectivity index (χ0n) is 12.2. The molecular weight excluding hydrogens is 248 g/mol. The van der Waals surface area contributed by atoms with Crippen molar-refractivity contribution in [1.29, 1.82) is 0 Å². The Balaban J connectivity index is 4.74. The van der Waals surface area contributed by atoms with Crippen LogP contribution in [0.3, 0.4) is 0 Å². The first kappa shape index (κ1) is 17.7. The van der Waals surface area contributed by atoms with Gasteiger partial charge in [0, 0.05) is 12.6 Å². The molecule has 0 aromatic heterocycles. The molecule has 0 aliphatic heterocycles. The van der Waals surface area contributed by atoms with Crippen molar-refractivity contribution in [2.45, 2.75) is 65.1 Å². The van der Waals surface area contributed by atoms with Gasteiger partial charge in [-0.15, -0.1) is 0 Å². The van der Waals surface area contributed by atoms with Gasteiger partial charge < -0.3 is 20.4 Å². The summed E-state index contributed by atoms with van der Waals surface area (Å²) in [5, 5.41) is 20.7. The van der Waals surface area contributed by atoms with Crippen LogP contribution in [-0.4, -0.2) is 51.8 Å². The van der Waals surface area contributed by atoms with Crippen molar-refractivity contribution in [3.63, 3.8) is 0 Å². The van der Waals surface area contributed by atoms with Crippen LogP contribution >= 0.6 is 0 Å². The van der Waals surface area contributed by atoms with E-state index in [1.54, 1.807) is 4.90 Å². The fourth-order valence-corrected chi connectivity index (χ4v) is 1.68. The summed E-state index contributed by atoms with van der Waals surface area (Å²) in [5.41, 5.74) is 0. The second-order valence-corrected chi connectivity index (χ2v) is 4.81. The molecule has 3 N–H and O–H groups in total. The Morgan fingerprint density at radius 1 is 1.26 bits per heavy atom. The second kappa shape index (κ2) is 8.74. The average Bonchev–Trinajstić information content (AvgIpc) is 2.35. The molecular formula is C13H26N2O4. The molecule has 0 heterocycles. The van der Waals surface area contributed by atoms with Crippen LogP contribution in [0.25, 0.3) is 0 Å². The number of urea groups is 1. The number of nitrogens with one attached hydrogen (secondary N) is 1. The average molecular weight is 274 g/mol. The first-order chi connectivity index (χ1) is 8.84. The highest BCUT2D eigenvalue weighted by Gasteiger charge is 2.28. The molecule has 0 saturated heterocycles. The Bertz CT molecular complexity index is 294. The van der Waals surface area contributed by atoms with Gasteiger partial charge in [0.1, 0.15) is 0 Å². The summed E-state index contributed by atoms with van der Waals surface area (Å²) >= 11 is 0. The second-order valence-electron chi connectivity index (χ2n) is 4.81. The van der Waals surface area contributed by atoms with E-state index in [0.29, 0.717) is 6.54 Å². The van der Waals surface area contributed by atoms with E-state index >= 15 is 0 Å². The molecule has 112 valence electrons. The van der Waals surface area contributed by atoms with Crippen LogP contribution in [0.2, 0.25) is 0 Å². The number of hydrogen-bond donors (Lipinski definition) is 3. The Kier molecular flexibility index (Phi) is 8.14. The standard InChI is InChI=1S/C13H26N2O4/c1-5-7-8-15(9(3)6-2)13(19)14-11(10(4)16)12(17)18/h9-11,16H,5-8H2,1-4H3,(H,14,19)(H,17,18). The molecule has 6 nitrogen and oxygen atoms in total. The SMILES string of the molecule is CCCCN(C(=O)NC(C(=O)O)C(C)O)C(C)CC. The molecule has 3 atom stereocenters. The number of aliphatic hydroxyl groups is 1. The largest absolute Gasteiger partial charge is 0.480 e. The van der Waals surface area contributed by atoms with Gasteiger partial charge in [-0.1, -0.05) is 20.3 Å². The van der Waals surface area contributed by atoms with Crippen molar-refractivity contribution >= 4 is 12.0 Å². The topological polar surface area (TPSA) is 89.9 Å². The van der Waals surface area contributed by atoms with E-state index in [1.165, 1.54) is 6.92 Å². The molecule has 0 fully saturated rings. The summed E-state index contributed by atoms with van der Waals surface area (Å²) in [7, 11) is 0. The van der Waals surface area contributed by atoms with Crippen LogP contribution < -0.4 is 5.32 Å². The van der Waals surface area contributed by atoms with Crippen molar-refractivity contribution < 1.29 is 19.8 Å². The summed E-state index contributed by atoms with van der Waals surface area (Å²) < 4.78 is 0. The summed E-state index contributed by atoms with van der Waals surface area (Å²) in [6.45, 7) is 7.86. The van der Waals surface area contributed by atoms with E-state index in [2.05, 4.69) is 5.32 Å². The number of nitrogens with zero attached hydrogens (tertiary/aromatic N) is 1. The highest BCUT2D eigenvalue weighted by atomic mass is 16.4. The Hall–Kier alpha value is -1.30. The van der Waals surface area contributed by atoms with Gasteiger partial charge in [-0.25, -0.2) is 9.59 Å². The maximum Gasteiger partial charge on any atom is 0.328 e. The van der Waals surface area contributed by atoms with Crippen molar-refractivity contribution in [2.24, 2.45) is 0 Å². The number of aliphatic carboxylic acids is 1. The van der Waals surface area contributed by atoms with Crippen LogP contribution in [0.4, 0.5) is 4.79 Å². The molecule has 0 rings (SSSR count). The third-order valence-electron chi connectivity index (χ3n) is 3.16. The van der Waals surface area contributed by atoms with Crippen molar-refractivity contribution in [3.8, 4) is 0 Å². The van der Waals surface area contributed by atoms with Gasteiger partial charge in [0.25, 0.3) is 0 Å². The Morgan fingerprint density at radius 3 is 2.21 bits per heavy atom. The minimum atomic E-state index is -1.28. The Labute approximate surface area is 114 Å². The van der Waals surface area contributed by atoms with E-state index in [-0.39, 0.29) is 6.04 Å². The predicted molar refractivity (Wildman–Crippen MR) is 73.0 cm³/mol. The molecule has 0 saturated carbocycles. The maximum absolute atomic E-state index is 12.1. The van der Waals surface area contributed by atoms with Crippen molar-refractivity contribution in [1.82, 2.24) is 10.2 Å². The van der Waals surface area contributed by atoms with Gasteiger partial charge in [-0.3, -0.25) is 0 Å². The van der Waals surface area contributed by atoms with Crippen LogP contribution in [0.15, 0.2) is 0 Å². The summed E-state index contributed by atoms with van der Waals surface area (Å²) in [5.74, 6) is -1.23. The zero-order valence-corrected chi connectivity index (χ0v) is 12.2. The lowest BCUT2D eigenvalue weighted by atomic mass is 10.1. The van der Waals surface area contributed by atoms with Crippen LogP contribution in [0.5, 0.6) is 0 Å². The summed E-state index contributed by atoms with van der Waals surface area (Å²) in [6.07, 6.45) is 1.48. The summed E-state index contributed by atoms with van der Waals surface area (Å²) in [4.78, 5) is 24.7. The molecule has 3 unspecified atom stereocenters. The molecule has 2 amide bonds. The van der Waals surface area contributed by atoms with E-state index < -0.39 is 24.1 Å². The quantitative estimate of drug-likeness (QED) is 0.624. The smallest absolute Gasteiger partial charge is 0.328 e. The zero-order chi connectivity index (χ0) is 15.0.